The molecular weight excluding hydrogens is 376 g/mol. The number of rotatable bonds is 14. The molecule has 0 spiro atoms. The first kappa shape index (κ1) is 25.6. The van der Waals surface area contributed by atoms with Crippen LogP contribution in [0.15, 0.2) is 49.1 Å². The van der Waals surface area contributed by atoms with E-state index < -0.39 is 0 Å². The molecule has 0 saturated carbocycles. The Morgan fingerprint density at radius 3 is 1.45 bits per heavy atom. The van der Waals surface area contributed by atoms with Crippen LogP contribution in [0.2, 0.25) is 0 Å². The fourth-order valence-electron chi connectivity index (χ4n) is 4.08. The first-order valence-electron chi connectivity index (χ1n) is 12.9. The van der Waals surface area contributed by atoms with Gasteiger partial charge in [0.05, 0.1) is 0 Å². The topological polar surface area (TPSA) is 7.76 Å². The summed E-state index contributed by atoms with van der Waals surface area (Å²) in [5.74, 6) is 3.25. The van der Waals surface area contributed by atoms with Crippen LogP contribution in [0.4, 0.5) is 0 Å². The van der Waals surface area contributed by atoms with Gasteiger partial charge in [0.15, 0.2) is 31.3 Å². The van der Waals surface area contributed by atoms with E-state index in [4.69, 9.17) is 0 Å². The molecule has 0 aliphatic carbocycles. The van der Waals surface area contributed by atoms with Gasteiger partial charge < -0.3 is 0 Å². The van der Waals surface area contributed by atoms with E-state index in [1.807, 2.05) is 0 Å². The molecule has 0 aliphatic rings. The zero-order valence-electron chi connectivity index (χ0n) is 21.2. The lowest BCUT2D eigenvalue weighted by Gasteiger charge is -2.13. The highest BCUT2D eigenvalue weighted by Crippen LogP contribution is 2.19. The lowest BCUT2D eigenvalue weighted by molar-refractivity contribution is -0.702. The lowest BCUT2D eigenvalue weighted by Crippen LogP contribution is -2.36. The van der Waals surface area contributed by atoms with E-state index in [1.54, 1.807) is 0 Å². The highest BCUT2D eigenvalue weighted by Gasteiger charge is 2.12. The molecule has 0 amide bonds. The Kier molecular flexibility index (Phi) is 11.3. The van der Waals surface area contributed by atoms with Gasteiger partial charge in [-0.1, -0.05) is 73.6 Å². The van der Waals surface area contributed by atoms with Crippen LogP contribution < -0.4 is 9.13 Å². The van der Waals surface area contributed by atoms with E-state index >= 15 is 0 Å². The zero-order valence-corrected chi connectivity index (χ0v) is 21.2. The summed E-state index contributed by atoms with van der Waals surface area (Å²) < 4.78 is 4.68. The summed E-state index contributed by atoms with van der Waals surface area (Å²) in [5.41, 5.74) is 2.61. The van der Waals surface area contributed by atoms with Crippen molar-refractivity contribution in [3.63, 3.8) is 0 Å². The van der Waals surface area contributed by atoms with E-state index in [0.29, 0.717) is 0 Å². The summed E-state index contributed by atoms with van der Waals surface area (Å²) in [6.07, 6.45) is 18.2. The Morgan fingerprint density at radius 2 is 0.968 bits per heavy atom. The normalized spacial score (nSPS) is 15.4. The molecule has 2 aromatic heterocycles. The molecule has 4 unspecified atom stereocenters. The Bertz CT molecular complexity index is 719. The van der Waals surface area contributed by atoms with E-state index in [1.165, 1.54) is 56.1 Å². The number of hydrogen-bond acceptors (Lipinski definition) is 0. The first-order chi connectivity index (χ1) is 14.9. The third-order valence-corrected chi connectivity index (χ3v) is 7.22. The maximum absolute atomic E-state index is 2.40. The van der Waals surface area contributed by atoms with Crippen molar-refractivity contribution in [2.24, 2.45) is 23.7 Å². The van der Waals surface area contributed by atoms with Gasteiger partial charge in [0, 0.05) is 36.6 Å². The molecule has 0 N–H and O–H groups in total. The van der Waals surface area contributed by atoms with Gasteiger partial charge >= 0.3 is 0 Å². The predicted molar refractivity (Wildman–Crippen MR) is 133 cm³/mol. The second-order valence-electron chi connectivity index (χ2n) is 10.3. The average molecular weight is 425 g/mol. The SMILES string of the molecule is CCC(C)CCC(C)CC[n+]1ccc(-c2cc[n+](CC(C)CCC(C)CC)cc2)cc1. The highest BCUT2D eigenvalue weighted by molar-refractivity contribution is 5.60. The van der Waals surface area contributed by atoms with Crippen molar-refractivity contribution in [1.29, 1.82) is 0 Å². The second kappa shape index (κ2) is 13.7. The van der Waals surface area contributed by atoms with Crippen molar-refractivity contribution in [3.05, 3.63) is 49.1 Å². The molecule has 172 valence electrons. The molecule has 0 saturated heterocycles. The van der Waals surface area contributed by atoms with E-state index in [0.717, 1.165) is 36.8 Å². The maximum Gasteiger partial charge on any atom is 0.169 e. The first-order valence-corrected chi connectivity index (χ1v) is 12.9. The van der Waals surface area contributed by atoms with Crippen LogP contribution in [0.25, 0.3) is 11.1 Å². The molecule has 2 rings (SSSR count). The minimum atomic E-state index is 0.730. The van der Waals surface area contributed by atoms with Crippen LogP contribution in [0.3, 0.4) is 0 Å². The third kappa shape index (κ3) is 9.54. The summed E-state index contributed by atoms with van der Waals surface area (Å²) in [7, 11) is 0. The Labute approximate surface area is 192 Å². The van der Waals surface area contributed by atoms with Gasteiger partial charge in [-0.3, -0.25) is 0 Å². The van der Waals surface area contributed by atoms with Crippen molar-refractivity contribution >= 4 is 0 Å². The molecule has 0 bridgehead atoms. The maximum atomic E-state index is 2.40. The fraction of sp³-hybridized carbons (Fsp3) is 0.655. The summed E-state index contributed by atoms with van der Waals surface area (Å²) >= 11 is 0. The monoisotopic (exact) mass is 424 g/mol. The van der Waals surface area contributed by atoms with Crippen molar-refractivity contribution in [2.75, 3.05) is 0 Å². The molecule has 0 aromatic carbocycles. The Morgan fingerprint density at radius 1 is 0.548 bits per heavy atom. The molecule has 2 nitrogen and oxygen atoms in total. The van der Waals surface area contributed by atoms with Gasteiger partial charge in [-0.25, -0.2) is 9.13 Å². The summed E-state index contributed by atoms with van der Waals surface area (Å²) in [5, 5.41) is 0. The predicted octanol–water partition coefficient (Wildman–Crippen LogP) is 7.24. The minimum absolute atomic E-state index is 0.730. The van der Waals surface area contributed by atoms with Crippen LogP contribution in [0, 0.1) is 23.7 Å². The highest BCUT2D eigenvalue weighted by atomic mass is 14.9. The van der Waals surface area contributed by atoms with E-state index in [2.05, 4.69) is 99.7 Å². The van der Waals surface area contributed by atoms with Crippen molar-refractivity contribution in [2.45, 2.75) is 99.6 Å². The second-order valence-corrected chi connectivity index (χ2v) is 10.3. The van der Waals surface area contributed by atoms with Gasteiger partial charge in [0.1, 0.15) is 6.54 Å². The number of aryl methyl sites for hydroxylation is 1. The minimum Gasteiger partial charge on any atom is -0.205 e. The standard InChI is InChI=1S/C29H48N2/c1-7-24(3)9-11-26(5)13-18-30-19-14-28(15-20-30)29-16-21-31(22-17-29)23-27(6)12-10-25(4)8-2/h14-17,19-22,24-27H,7-13,18,23H2,1-6H3/q+2. The van der Waals surface area contributed by atoms with E-state index in [-0.39, 0.29) is 0 Å². The van der Waals surface area contributed by atoms with Gasteiger partial charge in [-0.2, -0.15) is 0 Å². The molecule has 0 fully saturated rings. The van der Waals surface area contributed by atoms with Crippen LogP contribution >= 0.6 is 0 Å². The largest absolute Gasteiger partial charge is 0.205 e. The molecule has 2 aromatic rings. The number of aromatic nitrogens is 2. The van der Waals surface area contributed by atoms with E-state index in [9.17, 15) is 0 Å². The molecule has 31 heavy (non-hydrogen) atoms. The van der Waals surface area contributed by atoms with Gasteiger partial charge in [0.2, 0.25) is 0 Å². The van der Waals surface area contributed by atoms with Crippen LogP contribution in [-0.4, -0.2) is 0 Å². The Hall–Kier alpha value is -1.70. The molecule has 0 radical (unpaired) electrons. The quantitative estimate of drug-likeness (QED) is 0.282. The molecule has 0 aliphatic heterocycles. The van der Waals surface area contributed by atoms with Crippen molar-refractivity contribution in [3.8, 4) is 11.1 Å². The third-order valence-electron chi connectivity index (χ3n) is 7.22. The average Bonchev–Trinajstić information content (AvgIpc) is 2.80. The van der Waals surface area contributed by atoms with Crippen LogP contribution in [0.1, 0.15) is 86.5 Å². The molecule has 2 heterocycles. The summed E-state index contributed by atoms with van der Waals surface area (Å²) in [6.45, 7) is 16.4. The van der Waals surface area contributed by atoms with Gasteiger partial charge in [-0.05, 0) is 35.3 Å². The summed E-state index contributed by atoms with van der Waals surface area (Å²) in [4.78, 5) is 0. The molecule has 2 heteroatoms. The lowest BCUT2D eigenvalue weighted by atomic mass is 9.94. The zero-order chi connectivity index (χ0) is 22.6. The fourth-order valence-corrected chi connectivity index (χ4v) is 4.08. The number of pyridine rings is 2. The molecule has 4 atom stereocenters. The molecular formula is C29H48N2+2. The van der Waals surface area contributed by atoms with Crippen molar-refractivity contribution < 1.29 is 9.13 Å². The number of nitrogens with zero attached hydrogens (tertiary/aromatic N) is 2. The van der Waals surface area contributed by atoms with Crippen molar-refractivity contribution in [1.82, 2.24) is 0 Å². The number of hydrogen-bond donors (Lipinski definition) is 0. The van der Waals surface area contributed by atoms with Gasteiger partial charge in [-0.15, -0.1) is 0 Å². The van der Waals surface area contributed by atoms with Crippen LogP contribution in [0.5, 0.6) is 0 Å². The summed E-state index contributed by atoms with van der Waals surface area (Å²) in [6, 6.07) is 9.05. The van der Waals surface area contributed by atoms with Gasteiger partial charge in [0.25, 0.3) is 0 Å². The smallest absolute Gasteiger partial charge is 0.169 e. The Balaban J connectivity index is 1.81. The van der Waals surface area contributed by atoms with Crippen LogP contribution in [-0.2, 0) is 13.1 Å².